The van der Waals surface area contributed by atoms with E-state index in [4.69, 9.17) is 19.4 Å². The fourth-order valence-corrected chi connectivity index (χ4v) is 4.49. The van der Waals surface area contributed by atoms with Crippen molar-refractivity contribution in [3.05, 3.63) is 70.7 Å². The molecule has 1 atom stereocenters. The van der Waals surface area contributed by atoms with Crippen molar-refractivity contribution in [2.75, 3.05) is 17.2 Å². The number of aromatic nitrogens is 2. The maximum atomic E-state index is 15.0. The van der Waals surface area contributed by atoms with Gasteiger partial charge in [-0.1, -0.05) is 38.4 Å². The molecule has 2 aliphatic rings. The highest BCUT2D eigenvalue weighted by Crippen LogP contribution is 2.38. The van der Waals surface area contributed by atoms with E-state index in [1.807, 2.05) is 17.3 Å². The van der Waals surface area contributed by atoms with Crippen LogP contribution in [0.2, 0.25) is 5.02 Å². The van der Waals surface area contributed by atoms with Crippen LogP contribution in [-0.2, 0) is 5.44 Å². The molecule has 1 aliphatic heterocycles. The summed E-state index contributed by atoms with van der Waals surface area (Å²) in [4.78, 5) is 8.23. The Hall–Kier alpha value is -3.55. The van der Waals surface area contributed by atoms with Crippen molar-refractivity contribution in [2.45, 2.75) is 45.1 Å². The molecule has 2 radical (unpaired) electrons. The summed E-state index contributed by atoms with van der Waals surface area (Å²) in [5.41, 5.74) is 7.37. The Bertz CT molecular complexity index is 1430. The van der Waals surface area contributed by atoms with Gasteiger partial charge in [-0.15, -0.1) is 5.53 Å². The van der Waals surface area contributed by atoms with Crippen molar-refractivity contribution < 1.29 is 4.39 Å². The quantitative estimate of drug-likeness (QED) is 0.269. The zero-order valence-electron chi connectivity index (χ0n) is 20.9. The van der Waals surface area contributed by atoms with Crippen LogP contribution in [0.4, 0.5) is 15.8 Å². The zero-order valence-corrected chi connectivity index (χ0v) is 21.6. The van der Waals surface area contributed by atoms with Crippen LogP contribution in [0.5, 0.6) is 0 Å². The van der Waals surface area contributed by atoms with Crippen LogP contribution in [0.15, 0.2) is 48.6 Å². The van der Waals surface area contributed by atoms with Crippen LogP contribution in [0.1, 0.15) is 44.7 Å². The number of benzene rings is 1. The Labute approximate surface area is 221 Å². The second-order valence-corrected chi connectivity index (χ2v) is 11.0. The highest BCUT2D eigenvalue weighted by molar-refractivity contribution is 6.36. The predicted molar refractivity (Wildman–Crippen MR) is 144 cm³/mol. The van der Waals surface area contributed by atoms with E-state index in [1.54, 1.807) is 18.2 Å². The van der Waals surface area contributed by atoms with E-state index in [-0.39, 0.29) is 11.0 Å². The van der Waals surface area contributed by atoms with Crippen LogP contribution in [-0.4, -0.2) is 35.4 Å². The van der Waals surface area contributed by atoms with Gasteiger partial charge in [0.15, 0.2) is 0 Å². The Balaban J connectivity index is 1.61. The fraction of sp³-hybridized carbons (Fsp3) is 0.346. The van der Waals surface area contributed by atoms with E-state index in [9.17, 15) is 5.26 Å². The van der Waals surface area contributed by atoms with Crippen molar-refractivity contribution >= 4 is 41.7 Å². The molecule has 11 heteroatoms. The number of rotatable bonds is 7. The lowest BCUT2D eigenvalue weighted by Crippen LogP contribution is -2.46. The maximum Gasteiger partial charge on any atom is 0.217 e. The number of hydrazine groups is 2. The van der Waals surface area contributed by atoms with Crippen LogP contribution < -0.4 is 21.6 Å². The van der Waals surface area contributed by atoms with Gasteiger partial charge in [-0.3, -0.25) is 9.99 Å². The molecule has 1 fully saturated rings. The number of hydrogen-bond donors (Lipinski definition) is 4. The lowest BCUT2D eigenvalue weighted by molar-refractivity contribution is 0.260. The molecule has 1 aliphatic carbocycles. The minimum absolute atomic E-state index is 0.0345. The number of nitriles is 1. The maximum absolute atomic E-state index is 15.0. The molecule has 0 amide bonds. The predicted octanol–water partition coefficient (Wildman–Crippen LogP) is 4.51. The monoisotopic (exact) mass is 516 g/mol. The van der Waals surface area contributed by atoms with Gasteiger partial charge < -0.3 is 16.1 Å². The molecule has 1 aromatic carbocycles. The second-order valence-electron chi connectivity index (χ2n) is 10.6. The number of anilines is 2. The lowest BCUT2D eigenvalue weighted by Gasteiger charge is -2.34. The molecule has 5 rings (SSSR count). The topological polar surface area (TPSA) is 101 Å². The summed E-state index contributed by atoms with van der Waals surface area (Å²) in [6.07, 6.45) is 6.84. The lowest BCUT2D eigenvalue weighted by atomic mass is 9.70. The van der Waals surface area contributed by atoms with Crippen LogP contribution >= 0.6 is 11.6 Å². The number of halogens is 2. The number of fused-ring (bicyclic) bond motifs is 1. The first-order valence-electron chi connectivity index (χ1n) is 12.1. The number of nitrogens with zero attached hydrogens (tertiary/aromatic N) is 4. The Morgan fingerprint density at radius 3 is 2.76 bits per heavy atom. The summed E-state index contributed by atoms with van der Waals surface area (Å²) in [5, 5.41) is 19.4. The minimum atomic E-state index is -1.52. The first-order chi connectivity index (χ1) is 17.6. The van der Waals surface area contributed by atoms with E-state index in [2.05, 4.69) is 58.4 Å². The number of hydrogen-bond acceptors (Lipinski definition) is 8. The normalized spacial score (nSPS) is 17.1. The zero-order chi connectivity index (χ0) is 26.4. The summed E-state index contributed by atoms with van der Waals surface area (Å²) < 4.78 is 15.0. The molecule has 1 saturated carbocycles. The number of nitrogens with one attached hydrogen (secondary N) is 4. The summed E-state index contributed by atoms with van der Waals surface area (Å²) >= 11 is 6.67. The van der Waals surface area contributed by atoms with Crippen molar-refractivity contribution in [3.63, 3.8) is 0 Å². The number of pyridine rings is 2. The summed E-state index contributed by atoms with van der Waals surface area (Å²) in [5.74, 6) is -0.696. The minimum Gasteiger partial charge on any atom is -0.383 e. The molecule has 0 bridgehead atoms. The van der Waals surface area contributed by atoms with Crippen molar-refractivity contribution in [1.82, 2.24) is 25.9 Å². The first-order valence-corrected chi connectivity index (χ1v) is 12.4. The molecule has 37 heavy (non-hydrogen) atoms. The Morgan fingerprint density at radius 1 is 1.30 bits per heavy atom. The highest BCUT2D eigenvalue weighted by Gasteiger charge is 2.39. The molecule has 2 aromatic heterocycles. The van der Waals surface area contributed by atoms with Gasteiger partial charge in [-0.05, 0) is 36.5 Å². The van der Waals surface area contributed by atoms with Crippen molar-refractivity contribution in [2.24, 2.45) is 5.41 Å². The summed E-state index contributed by atoms with van der Waals surface area (Å²) in [6, 6.07) is 9.29. The summed E-state index contributed by atoms with van der Waals surface area (Å²) in [6.45, 7) is 6.92. The van der Waals surface area contributed by atoms with E-state index in [1.165, 1.54) is 12.4 Å². The van der Waals surface area contributed by atoms with Crippen LogP contribution in [0.3, 0.4) is 0 Å². The highest BCUT2D eigenvalue weighted by atomic mass is 35.5. The van der Waals surface area contributed by atoms with Gasteiger partial charge in [-0.2, -0.15) is 9.65 Å². The smallest absolute Gasteiger partial charge is 0.217 e. The van der Waals surface area contributed by atoms with Gasteiger partial charge in [-0.25, -0.2) is 4.98 Å². The Morgan fingerprint density at radius 2 is 2.08 bits per heavy atom. The molecular weight excluding hydrogens is 490 g/mol. The third-order valence-corrected chi connectivity index (χ3v) is 6.61. The Kier molecular flexibility index (Phi) is 6.38. The van der Waals surface area contributed by atoms with E-state index >= 15 is 4.39 Å². The van der Waals surface area contributed by atoms with Crippen LogP contribution in [0.25, 0.3) is 10.9 Å². The van der Waals surface area contributed by atoms with E-state index < -0.39 is 11.4 Å². The molecule has 188 valence electrons. The molecule has 4 N–H and O–H groups in total. The van der Waals surface area contributed by atoms with Gasteiger partial charge >= 0.3 is 0 Å². The van der Waals surface area contributed by atoms with Gasteiger partial charge in [0.2, 0.25) is 5.95 Å². The molecular formula is C26H27BClFN8. The third kappa shape index (κ3) is 5.02. The van der Waals surface area contributed by atoms with Gasteiger partial charge in [0.1, 0.15) is 13.9 Å². The van der Waals surface area contributed by atoms with Gasteiger partial charge in [0, 0.05) is 47.8 Å². The van der Waals surface area contributed by atoms with Crippen molar-refractivity contribution in [1.29, 1.82) is 5.26 Å². The SMILES string of the molecule is [B]C(Nc1cc(Cl)c2ncc(C#N)c(NCC(C)(C)C)c2c1)(C1=CN(C2CC2)NN1)c1cccnc1F. The molecule has 0 saturated heterocycles. The average Bonchev–Trinajstić information content (AvgIpc) is 3.57. The first kappa shape index (κ1) is 25.1. The second kappa shape index (κ2) is 9.40. The molecule has 0 spiro atoms. The third-order valence-electron chi connectivity index (χ3n) is 6.32. The summed E-state index contributed by atoms with van der Waals surface area (Å²) in [7, 11) is 6.93. The molecule has 3 aromatic rings. The molecule has 3 heterocycles. The average molecular weight is 517 g/mol. The van der Waals surface area contributed by atoms with E-state index in [0.29, 0.717) is 51.1 Å². The standard InChI is InChI=1S/C26H27BClFN8/c1-25(2,3)14-33-22-15(11-30)12-32-23-18(22)9-16(10-20(23)28)34-26(27,19-5-4-8-31-24(19)29)21-13-37(36-35-21)17-6-7-17/h4-5,8-10,12-13,17,34-36H,6-7,14H2,1-3H3,(H,32,33). The largest absolute Gasteiger partial charge is 0.383 e. The van der Waals surface area contributed by atoms with Gasteiger partial charge in [0.25, 0.3) is 0 Å². The van der Waals surface area contributed by atoms with Crippen molar-refractivity contribution in [3.8, 4) is 6.07 Å². The van der Waals surface area contributed by atoms with Gasteiger partial charge in [0.05, 0.1) is 32.9 Å². The molecule has 8 nitrogen and oxygen atoms in total. The molecule has 1 unspecified atom stereocenters. The fourth-order valence-electron chi connectivity index (χ4n) is 4.23. The van der Waals surface area contributed by atoms with E-state index in [0.717, 1.165) is 12.8 Å². The van der Waals surface area contributed by atoms with Crippen LogP contribution in [0, 0.1) is 22.7 Å².